The zero-order valence-corrected chi connectivity index (χ0v) is 13.9. The smallest absolute Gasteiger partial charge is 0.150 e. The van der Waals surface area contributed by atoms with Crippen molar-refractivity contribution in [3.63, 3.8) is 0 Å². The van der Waals surface area contributed by atoms with E-state index in [1.54, 1.807) is 0 Å². The molecule has 1 heterocycles. The SMILES string of the molecule is O=S1(=O)CCC(Nc2ccc(SC3CCCC3)cc2)CC1. The minimum absolute atomic E-state index is 0.293. The van der Waals surface area contributed by atoms with Gasteiger partial charge in [-0.25, -0.2) is 8.42 Å². The van der Waals surface area contributed by atoms with E-state index in [9.17, 15) is 8.42 Å². The summed E-state index contributed by atoms with van der Waals surface area (Å²) in [5, 5.41) is 4.26. The molecule has 0 unspecified atom stereocenters. The summed E-state index contributed by atoms with van der Waals surface area (Å²) in [7, 11) is -2.77. The van der Waals surface area contributed by atoms with Gasteiger partial charge < -0.3 is 5.32 Å². The Morgan fingerprint density at radius 2 is 1.57 bits per heavy atom. The van der Waals surface area contributed by atoms with E-state index < -0.39 is 9.84 Å². The zero-order valence-electron chi connectivity index (χ0n) is 12.3. The zero-order chi connectivity index (χ0) is 14.7. The highest BCUT2D eigenvalue weighted by atomic mass is 32.2. The molecular weight excluding hydrogens is 302 g/mol. The molecule has 21 heavy (non-hydrogen) atoms. The lowest BCUT2D eigenvalue weighted by Crippen LogP contribution is -2.32. The van der Waals surface area contributed by atoms with Gasteiger partial charge in [0.25, 0.3) is 0 Å². The van der Waals surface area contributed by atoms with E-state index in [-0.39, 0.29) is 0 Å². The van der Waals surface area contributed by atoms with Crippen molar-refractivity contribution in [2.24, 2.45) is 0 Å². The fraction of sp³-hybridized carbons (Fsp3) is 0.625. The Hall–Kier alpha value is -0.680. The molecule has 0 atom stereocenters. The highest BCUT2D eigenvalue weighted by molar-refractivity contribution is 8.00. The Bertz CT molecular complexity index is 548. The molecule has 0 spiro atoms. The fourth-order valence-corrected chi connectivity index (χ4v) is 5.84. The summed E-state index contributed by atoms with van der Waals surface area (Å²) < 4.78 is 22.9. The van der Waals surface area contributed by atoms with E-state index in [0.717, 1.165) is 23.8 Å². The summed E-state index contributed by atoms with van der Waals surface area (Å²) in [6, 6.07) is 8.91. The Kier molecular flexibility index (Phi) is 4.79. The second-order valence-electron chi connectivity index (χ2n) is 6.12. The fourth-order valence-electron chi connectivity index (χ4n) is 3.10. The molecule has 0 amide bonds. The lowest BCUT2D eigenvalue weighted by atomic mass is 10.1. The number of hydrogen-bond acceptors (Lipinski definition) is 4. The predicted molar refractivity (Wildman–Crippen MR) is 89.9 cm³/mol. The summed E-state index contributed by atoms with van der Waals surface area (Å²) >= 11 is 2.00. The Balaban J connectivity index is 1.52. The molecule has 3 rings (SSSR count). The minimum Gasteiger partial charge on any atom is -0.382 e. The van der Waals surface area contributed by atoms with Crippen LogP contribution in [0.25, 0.3) is 0 Å². The molecule has 1 N–H and O–H groups in total. The highest BCUT2D eigenvalue weighted by Gasteiger charge is 2.23. The van der Waals surface area contributed by atoms with Crippen molar-refractivity contribution in [2.45, 2.75) is 54.7 Å². The second kappa shape index (κ2) is 6.61. The number of hydrogen-bond donors (Lipinski definition) is 1. The molecule has 1 saturated carbocycles. The molecule has 0 aromatic heterocycles. The van der Waals surface area contributed by atoms with Gasteiger partial charge in [-0.1, -0.05) is 12.8 Å². The van der Waals surface area contributed by atoms with Crippen LogP contribution in [0, 0.1) is 0 Å². The van der Waals surface area contributed by atoms with Gasteiger partial charge in [0.1, 0.15) is 9.84 Å². The monoisotopic (exact) mass is 325 g/mol. The van der Waals surface area contributed by atoms with Gasteiger partial charge in [-0.15, -0.1) is 11.8 Å². The van der Waals surface area contributed by atoms with Crippen molar-refractivity contribution >= 4 is 27.3 Å². The summed E-state index contributed by atoms with van der Waals surface area (Å²) in [4.78, 5) is 1.35. The van der Waals surface area contributed by atoms with E-state index in [1.165, 1.54) is 30.6 Å². The standard InChI is InChI=1S/C16H23NO2S2/c18-21(19)11-9-14(10-12-21)17-13-5-7-16(8-6-13)20-15-3-1-2-4-15/h5-8,14-15,17H,1-4,9-12H2. The molecule has 0 bridgehead atoms. The number of nitrogens with one attached hydrogen (secondary N) is 1. The molecule has 3 nitrogen and oxygen atoms in total. The van der Waals surface area contributed by atoms with Gasteiger partial charge in [0.05, 0.1) is 11.5 Å². The maximum absolute atomic E-state index is 11.4. The third kappa shape index (κ3) is 4.39. The van der Waals surface area contributed by atoms with E-state index in [2.05, 4.69) is 29.6 Å². The van der Waals surface area contributed by atoms with Crippen LogP contribution in [0.3, 0.4) is 0 Å². The van der Waals surface area contributed by atoms with Crippen LogP contribution < -0.4 is 5.32 Å². The molecule has 1 saturated heterocycles. The van der Waals surface area contributed by atoms with E-state index in [4.69, 9.17) is 0 Å². The Morgan fingerprint density at radius 1 is 0.952 bits per heavy atom. The minimum atomic E-state index is -2.77. The third-order valence-corrected chi connectivity index (χ3v) is 7.45. The molecule has 1 aliphatic carbocycles. The van der Waals surface area contributed by atoms with E-state index in [1.807, 2.05) is 11.8 Å². The van der Waals surface area contributed by atoms with Crippen LogP contribution in [0.4, 0.5) is 5.69 Å². The summed E-state index contributed by atoms with van der Waals surface area (Å²) in [6.07, 6.45) is 6.90. The van der Waals surface area contributed by atoms with Crippen LogP contribution in [0.5, 0.6) is 0 Å². The second-order valence-corrected chi connectivity index (χ2v) is 9.80. The van der Waals surface area contributed by atoms with Crippen molar-refractivity contribution in [3.05, 3.63) is 24.3 Å². The van der Waals surface area contributed by atoms with Crippen molar-refractivity contribution < 1.29 is 8.42 Å². The van der Waals surface area contributed by atoms with Crippen molar-refractivity contribution in [1.82, 2.24) is 0 Å². The lowest BCUT2D eigenvalue weighted by Gasteiger charge is -2.24. The first kappa shape index (κ1) is 15.2. The van der Waals surface area contributed by atoms with Gasteiger partial charge in [-0.05, 0) is 49.9 Å². The first-order valence-electron chi connectivity index (χ1n) is 7.84. The average Bonchev–Trinajstić information content (AvgIpc) is 2.96. The van der Waals surface area contributed by atoms with Gasteiger partial charge in [-0.2, -0.15) is 0 Å². The topological polar surface area (TPSA) is 46.2 Å². The average molecular weight is 325 g/mol. The normalized spacial score (nSPS) is 23.2. The highest BCUT2D eigenvalue weighted by Crippen LogP contribution is 2.35. The number of anilines is 1. The van der Waals surface area contributed by atoms with Crippen LogP contribution in [0.1, 0.15) is 38.5 Å². The maximum atomic E-state index is 11.4. The summed E-state index contributed by atoms with van der Waals surface area (Å²) in [6.45, 7) is 0. The molecule has 2 aliphatic rings. The molecule has 116 valence electrons. The van der Waals surface area contributed by atoms with E-state index in [0.29, 0.717) is 17.5 Å². The largest absolute Gasteiger partial charge is 0.382 e. The molecule has 1 aromatic carbocycles. The van der Waals surface area contributed by atoms with E-state index >= 15 is 0 Å². The lowest BCUT2D eigenvalue weighted by molar-refractivity contribution is 0.559. The Labute approximate surface area is 131 Å². The Morgan fingerprint density at radius 3 is 2.19 bits per heavy atom. The molecule has 1 aliphatic heterocycles. The van der Waals surface area contributed by atoms with Crippen LogP contribution in [0.2, 0.25) is 0 Å². The van der Waals surface area contributed by atoms with Crippen LogP contribution in [-0.4, -0.2) is 31.2 Å². The first-order chi connectivity index (χ1) is 10.1. The first-order valence-corrected chi connectivity index (χ1v) is 10.5. The predicted octanol–water partition coefficient (Wildman–Crippen LogP) is 3.71. The molecule has 1 aromatic rings. The van der Waals surface area contributed by atoms with Crippen LogP contribution in [0.15, 0.2) is 29.2 Å². The number of rotatable bonds is 4. The summed E-state index contributed by atoms with van der Waals surface area (Å²) in [5.74, 6) is 0.639. The van der Waals surface area contributed by atoms with Gasteiger partial charge >= 0.3 is 0 Å². The van der Waals surface area contributed by atoms with Crippen molar-refractivity contribution in [2.75, 3.05) is 16.8 Å². The van der Waals surface area contributed by atoms with Crippen LogP contribution >= 0.6 is 11.8 Å². The quantitative estimate of drug-likeness (QED) is 0.916. The van der Waals surface area contributed by atoms with Gasteiger partial charge in [0, 0.05) is 21.9 Å². The molecular formula is C16H23NO2S2. The molecule has 5 heteroatoms. The van der Waals surface area contributed by atoms with Crippen molar-refractivity contribution in [1.29, 1.82) is 0 Å². The summed E-state index contributed by atoms with van der Waals surface area (Å²) in [5.41, 5.74) is 1.11. The van der Waals surface area contributed by atoms with Gasteiger partial charge in [0.15, 0.2) is 0 Å². The maximum Gasteiger partial charge on any atom is 0.150 e. The van der Waals surface area contributed by atoms with Crippen LogP contribution in [-0.2, 0) is 9.84 Å². The molecule has 0 radical (unpaired) electrons. The number of sulfone groups is 1. The van der Waals surface area contributed by atoms with Crippen molar-refractivity contribution in [3.8, 4) is 0 Å². The third-order valence-electron chi connectivity index (χ3n) is 4.38. The molecule has 2 fully saturated rings. The number of benzene rings is 1. The van der Waals surface area contributed by atoms with Gasteiger partial charge in [-0.3, -0.25) is 0 Å². The number of thioether (sulfide) groups is 1. The van der Waals surface area contributed by atoms with Gasteiger partial charge in [0.2, 0.25) is 0 Å².